The standard InChI is InChI=1S/C55H83N15O24S/c1-23(2)13-29(47(85)60-25(5)44(82)62-31(17-41(76)77)50(88)68-35(55(93)94)15-26-20-58-22-59-26)64-46(84)28(9-11-40(74)75)61-49(87)32(18-42(78)79)65-52(90)36(21-95)69-51(89)33(19-43(80)81)66-53(91)37-7-6-12-70(37)54(92)34(16-38(57)71)67-48(86)30(14-24(3)4)63-45(83)27(56)8-10-39(72)73/h20,22-25,27-37,95H,6-19,21,56H2,1-5H3,(H2,57,71)(H,58,59)(H,60,85)(H,61,87)(H,62,82)(H,63,83)(H,64,84)(H,65,90)(H,66,91)(H,67,86)(H,68,88)(H,69,89)(H,72,73)(H,74,75)(H,76,77)(H,78,79)(H,80,81)(H,93,94)/t25-,27-,28-,29-,30-,31-,32+,33+,34-,35-,36-,37-/m0/s1. The van der Waals surface area contributed by atoms with E-state index in [1.807, 2.05) is 0 Å². The van der Waals surface area contributed by atoms with E-state index in [2.05, 4.69) is 75.8 Å². The summed E-state index contributed by atoms with van der Waals surface area (Å²) in [6.07, 6.45) is -4.78. The third-order valence-electron chi connectivity index (χ3n) is 14.0. The second-order valence-electron chi connectivity index (χ2n) is 23.0. The van der Waals surface area contributed by atoms with E-state index in [9.17, 15) is 112 Å². The lowest BCUT2D eigenvalue weighted by Crippen LogP contribution is -2.61. The van der Waals surface area contributed by atoms with Gasteiger partial charge >= 0.3 is 35.8 Å². The number of primary amides is 1. The van der Waals surface area contributed by atoms with Crippen LogP contribution in [0, 0.1) is 11.8 Å². The Balaban J connectivity index is 2.33. The van der Waals surface area contributed by atoms with Gasteiger partial charge in [0.15, 0.2) is 0 Å². The molecule has 95 heavy (non-hydrogen) atoms. The summed E-state index contributed by atoms with van der Waals surface area (Å²) in [6, 6.07) is -20.8. The number of aliphatic carboxylic acids is 6. The molecule has 12 atom stereocenters. The van der Waals surface area contributed by atoms with Gasteiger partial charge in [-0.15, -0.1) is 0 Å². The molecular formula is C55H83N15O24S. The fourth-order valence-electron chi connectivity index (χ4n) is 9.28. The van der Waals surface area contributed by atoms with Crippen molar-refractivity contribution in [2.75, 3.05) is 12.3 Å². The average Bonchev–Trinajstić information content (AvgIpc) is 1.77. The number of carboxylic acid groups (broad SMARTS) is 6. The first kappa shape index (κ1) is 81.1. The summed E-state index contributed by atoms with van der Waals surface area (Å²) >= 11 is 4.05. The SMILES string of the molecule is CC(C)C[C@H](NC(=O)[C@H](CCC(=O)O)NC(=O)[C@@H](CC(=O)O)NC(=O)[C@H](CS)NC(=O)[C@@H](CC(=O)O)NC(=O)[C@@H]1CCCN1C(=O)[C@H](CC(N)=O)NC(=O)[C@H](CC(C)C)NC(=O)[C@@H](N)CCC(=O)O)C(=O)N[C@@H](C)C(=O)N[C@@H](CC(=O)O)C(=O)N[C@@H](Cc1cnc[nH]1)C(=O)O. The van der Waals surface area contributed by atoms with Crippen molar-refractivity contribution in [3.05, 3.63) is 18.2 Å². The summed E-state index contributed by atoms with van der Waals surface area (Å²) in [7, 11) is 0. The molecule has 0 aliphatic carbocycles. The number of carbonyl (C=O) groups is 18. The Bertz CT molecular complexity index is 2990. The molecule has 1 saturated heterocycles. The van der Waals surface area contributed by atoms with E-state index in [0.29, 0.717) is 0 Å². The molecule has 21 N–H and O–H groups in total. The first-order valence-electron chi connectivity index (χ1n) is 29.6. The highest BCUT2D eigenvalue weighted by molar-refractivity contribution is 7.80. The molecule has 12 amide bonds. The lowest BCUT2D eigenvalue weighted by Gasteiger charge is -2.30. The summed E-state index contributed by atoms with van der Waals surface area (Å²) in [4.78, 5) is 240. The van der Waals surface area contributed by atoms with Crippen LogP contribution in [0.4, 0.5) is 0 Å². The van der Waals surface area contributed by atoms with Crippen molar-refractivity contribution in [3.63, 3.8) is 0 Å². The normalized spacial score (nSPS) is 16.1. The lowest BCUT2D eigenvalue weighted by molar-refractivity contribution is -0.144. The zero-order valence-corrected chi connectivity index (χ0v) is 53.3. The molecule has 1 aromatic rings. The Labute approximate surface area is 547 Å². The van der Waals surface area contributed by atoms with Crippen molar-refractivity contribution in [2.24, 2.45) is 23.3 Å². The van der Waals surface area contributed by atoms with E-state index < -0.39 is 236 Å². The van der Waals surface area contributed by atoms with Gasteiger partial charge in [-0.2, -0.15) is 12.6 Å². The van der Waals surface area contributed by atoms with Crippen molar-refractivity contribution in [2.45, 2.75) is 191 Å². The number of thiol groups is 1. The quantitative estimate of drug-likeness (QED) is 0.0270. The molecule has 0 saturated carbocycles. The zero-order chi connectivity index (χ0) is 72.1. The molecule has 1 aliphatic heterocycles. The number of hydrogen-bond acceptors (Lipinski definition) is 21. The maximum absolute atomic E-state index is 14.1. The number of nitrogens with zero attached hydrogens (tertiary/aromatic N) is 2. The van der Waals surface area contributed by atoms with Crippen LogP contribution >= 0.6 is 12.6 Å². The number of H-pyrrole nitrogens is 1. The monoisotopic (exact) mass is 1370 g/mol. The number of amides is 12. The molecular weight excluding hydrogens is 1290 g/mol. The van der Waals surface area contributed by atoms with E-state index >= 15 is 0 Å². The number of carboxylic acids is 6. The van der Waals surface area contributed by atoms with Gasteiger partial charge < -0.3 is 105 Å². The zero-order valence-electron chi connectivity index (χ0n) is 52.4. The second kappa shape index (κ2) is 39.5. The fraction of sp³-hybridized carbons (Fsp3) is 0.618. The highest BCUT2D eigenvalue weighted by Crippen LogP contribution is 2.21. The Morgan fingerprint density at radius 3 is 1.39 bits per heavy atom. The van der Waals surface area contributed by atoms with Gasteiger partial charge in [0, 0.05) is 43.5 Å². The van der Waals surface area contributed by atoms with Crippen LogP contribution in [-0.2, 0) is 92.7 Å². The van der Waals surface area contributed by atoms with Gasteiger partial charge in [0.25, 0.3) is 0 Å². The maximum Gasteiger partial charge on any atom is 0.326 e. The summed E-state index contributed by atoms with van der Waals surface area (Å²) in [5.41, 5.74) is 11.5. The molecule has 1 aliphatic rings. The molecule has 40 heteroatoms. The summed E-state index contributed by atoms with van der Waals surface area (Å²) in [5.74, 6) is -24.9. The van der Waals surface area contributed by atoms with E-state index in [0.717, 1.165) is 11.8 Å². The smallest absolute Gasteiger partial charge is 0.326 e. The Morgan fingerprint density at radius 2 is 0.926 bits per heavy atom. The number of aromatic nitrogens is 2. The van der Waals surface area contributed by atoms with Crippen molar-refractivity contribution in [3.8, 4) is 0 Å². The Morgan fingerprint density at radius 1 is 0.516 bits per heavy atom. The molecule has 1 fully saturated rings. The van der Waals surface area contributed by atoms with E-state index in [-0.39, 0.29) is 56.7 Å². The van der Waals surface area contributed by atoms with Gasteiger partial charge in [-0.25, -0.2) is 9.78 Å². The minimum Gasteiger partial charge on any atom is -0.481 e. The predicted octanol–water partition coefficient (Wildman–Crippen LogP) is -6.73. The molecule has 1 aromatic heterocycles. The van der Waals surface area contributed by atoms with Crippen molar-refractivity contribution >= 4 is 119 Å². The van der Waals surface area contributed by atoms with Gasteiger partial charge in [-0.3, -0.25) is 81.5 Å². The Kier molecular flexibility index (Phi) is 33.7. The summed E-state index contributed by atoms with van der Waals surface area (Å²) in [6.45, 7) is 7.46. The third kappa shape index (κ3) is 29.2. The number of aromatic amines is 1. The van der Waals surface area contributed by atoms with Gasteiger partial charge in [0.05, 0.1) is 38.1 Å². The highest BCUT2D eigenvalue weighted by Gasteiger charge is 2.42. The average molecular weight is 1370 g/mol. The van der Waals surface area contributed by atoms with Crippen LogP contribution in [0.5, 0.6) is 0 Å². The van der Waals surface area contributed by atoms with Crippen molar-refractivity contribution < 1.29 is 117 Å². The number of carbonyl (C=O) groups excluding carboxylic acids is 12. The summed E-state index contributed by atoms with van der Waals surface area (Å²) < 4.78 is 0. The fourth-order valence-corrected chi connectivity index (χ4v) is 9.53. The van der Waals surface area contributed by atoms with E-state index in [1.54, 1.807) is 27.7 Å². The molecule has 2 rings (SSSR count). The molecule has 2 heterocycles. The molecule has 0 bridgehead atoms. The minimum absolute atomic E-state index is 0.0417. The molecule has 39 nitrogen and oxygen atoms in total. The van der Waals surface area contributed by atoms with Crippen LogP contribution < -0.4 is 64.6 Å². The number of hydrogen-bond donors (Lipinski definition) is 20. The Hall–Kier alpha value is -10.0. The van der Waals surface area contributed by atoms with Gasteiger partial charge in [0.1, 0.15) is 66.5 Å². The van der Waals surface area contributed by atoms with Crippen LogP contribution in [-0.4, -0.2) is 237 Å². The largest absolute Gasteiger partial charge is 0.481 e. The van der Waals surface area contributed by atoms with Crippen LogP contribution in [0.15, 0.2) is 12.5 Å². The van der Waals surface area contributed by atoms with Crippen molar-refractivity contribution in [1.82, 2.24) is 68.0 Å². The minimum atomic E-state index is -2.16. The van der Waals surface area contributed by atoms with E-state index in [1.165, 1.54) is 12.5 Å². The van der Waals surface area contributed by atoms with Crippen LogP contribution in [0.25, 0.3) is 0 Å². The predicted molar refractivity (Wildman–Crippen MR) is 325 cm³/mol. The topological polar surface area (TPSA) is 633 Å². The molecule has 528 valence electrons. The first-order chi connectivity index (χ1) is 44.3. The number of nitrogens with one attached hydrogen (secondary N) is 11. The molecule has 0 spiro atoms. The highest BCUT2D eigenvalue weighted by atomic mass is 32.1. The van der Waals surface area contributed by atoms with Crippen LogP contribution in [0.3, 0.4) is 0 Å². The van der Waals surface area contributed by atoms with Gasteiger partial charge in [-0.1, -0.05) is 27.7 Å². The molecule has 0 aromatic carbocycles. The van der Waals surface area contributed by atoms with Crippen molar-refractivity contribution in [1.29, 1.82) is 0 Å². The molecule has 0 unspecified atom stereocenters. The summed E-state index contributed by atoms with van der Waals surface area (Å²) in [5, 5.41) is 79.5. The van der Waals surface area contributed by atoms with Crippen LogP contribution in [0.1, 0.15) is 117 Å². The van der Waals surface area contributed by atoms with Gasteiger partial charge in [0.2, 0.25) is 70.9 Å². The number of imidazole rings is 1. The number of nitrogens with two attached hydrogens (primary N) is 2. The molecule has 0 radical (unpaired) electrons. The number of rotatable bonds is 43. The third-order valence-corrected chi connectivity index (χ3v) is 14.4. The second-order valence-corrected chi connectivity index (χ2v) is 23.3. The lowest BCUT2D eigenvalue weighted by atomic mass is 10.0. The first-order valence-corrected chi connectivity index (χ1v) is 30.2. The maximum atomic E-state index is 14.1. The van der Waals surface area contributed by atoms with E-state index in [4.69, 9.17) is 16.6 Å². The van der Waals surface area contributed by atoms with Crippen LogP contribution in [0.2, 0.25) is 0 Å². The number of likely N-dealkylation sites (tertiary alicyclic amines) is 1. The van der Waals surface area contributed by atoms with Gasteiger partial charge in [-0.05, 0) is 57.3 Å².